The zero-order valence-corrected chi connectivity index (χ0v) is 25.4. The molecule has 2 N–H and O–H groups in total. The number of hydrogen-bond donors (Lipinski definition) is 2. The number of ether oxygens (including phenoxy) is 2. The molecular formula is C32H40ClN3O6. The van der Waals surface area contributed by atoms with Crippen LogP contribution in [0.5, 0.6) is 0 Å². The number of carbonyl (C=O) groups is 4. The summed E-state index contributed by atoms with van der Waals surface area (Å²) in [6, 6.07) is 13.7. The van der Waals surface area contributed by atoms with Crippen molar-refractivity contribution in [3.63, 3.8) is 0 Å². The number of hydrogen-bond acceptors (Lipinski definition) is 6. The van der Waals surface area contributed by atoms with E-state index in [4.69, 9.17) is 21.1 Å². The van der Waals surface area contributed by atoms with E-state index in [1.807, 2.05) is 51.1 Å². The van der Waals surface area contributed by atoms with Gasteiger partial charge in [0.2, 0.25) is 11.8 Å². The molecule has 1 heterocycles. The Kier molecular flexibility index (Phi) is 10.1. The molecular weight excluding hydrogens is 558 g/mol. The van der Waals surface area contributed by atoms with E-state index < -0.39 is 23.7 Å². The molecule has 10 heteroatoms. The summed E-state index contributed by atoms with van der Waals surface area (Å²) in [5.41, 5.74) is 1.09. The Morgan fingerprint density at radius 1 is 0.976 bits per heavy atom. The van der Waals surface area contributed by atoms with Crippen LogP contribution in [0.15, 0.2) is 48.5 Å². The number of halogens is 1. The molecule has 0 aromatic heterocycles. The predicted molar refractivity (Wildman–Crippen MR) is 160 cm³/mol. The average Bonchev–Trinajstić information content (AvgIpc) is 3.41. The van der Waals surface area contributed by atoms with Crippen LogP contribution < -0.4 is 10.6 Å². The monoisotopic (exact) mass is 597 g/mol. The van der Waals surface area contributed by atoms with Gasteiger partial charge in [-0.25, -0.2) is 9.59 Å². The molecule has 226 valence electrons. The maximum atomic E-state index is 13.9. The number of nitrogens with zero attached hydrogens (tertiary/aromatic N) is 1. The number of carbonyl (C=O) groups excluding carboxylic acids is 4. The van der Waals surface area contributed by atoms with E-state index >= 15 is 0 Å². The molecule has 2 aromatic rings. The van der Waals surface area contributed by atoms with Crippen LogP contribution in [-0.2, 0) is 19.1 Å². The number of anilines is 1. The Morgan fingerprint density at radius 2 is 1.67 bits per heavy atom. The molecule has 0 bridgehead atoms. The molecule has 0 spiro atoms. The molecule has 2 aliphatic rings. The lowest BCUT2D eigenvalue weighted by Crippen LogP contribution is -2.48. The van der Waals surface area contributed by atoms with Crippen LogP contribution in [0.3, 0.4) is 0 Å². The number of rotatable bonds is 7. The second kappa shape index (κ2) is 13.6. The number of likely N-dealkylation sites (tertiary alicyclic amines) is 1. The summed E-state index contributed by atoms with van der Waals surface area (Å²) in [4.78, 5) is 53.4. The van der Waals surface area contributed by atoms with E-state index in [2.05, 4.69) is 10.6 Å². The predicted octanol–water partition coefficient (Wildman–Crippen LogP) is 5.78. The second-order valence-corrected chi connectivity index (χ2v) is 12.5. The van der Waals surface area contributed by atoms with Crippen molar-refractivity contribution >= 4 is 41.2 Å². The van der Waals surface area contributed by atoms with Crippen molar-refractivity contribution in [2.24, 2.45) is 11.8 Å². The Bertz CT molecular complexity index is 1290. The van der Waals surface area contributed by atoms with Gasteiger partial charge in [0, 0.05) is 30.6 Å². The molecule has 3 amide bonds. The maximum Gasteiger partial charge on any atom is 0.407 e. The van der Waals surface area contributed by atoms with Gasteiger partial charge in [0.05, 0.1) is 17.7 Å². The van der Waals surface area contributed by atoms with Crippen LogP contribution in [0.4, 0.5) is 10.5 Å². The Morgan fingerprint density at radius 3 is 2.29 bits per heavy atom. The van der Waals surface area contributed by atoms with E-state index in [-0.39, 0.29) is 40.2 Å². The third-order valence-electron chi connectivity index (χ3n) is 7.95. The van der Waals surface area contributed by atoms with E-state index in [9.17, 15) is 19.2 Å². The summed E-state index contributed by atoms with van der Waals surface area (Å²) in [5.74, 6) is -0.937. The smallest absolute Gasteiger partial charge is 0.407 e. The van der Waals surface area contributed by atoms with Gasteiger partial charge in [-0.1, -0.05) is 41.9 Å². The minimum absolute atomic E-state index is 0.00814. The fourth-order valence-electron chi connectivity index (χ4n) is 5.89. The minimum atomic E-state index is -0.689. The Balaban J connectivity index is 1.44. The lowest BCUT2D eigenvalue weighted by molar-refractivity contribution is -0.141. The molecule has 2 atom stereocenters. The van der Waals surface area contributed by atoms with Crippen LogP contribution >= 0.6 is 11.6 Å². The Hall–Kier alpha value is -3.59. The minimum Gasteiger partial charge on any atom is -0.465 e. The standard InChI is InChI=1S/C32H40ClN3O6/c1-32(2,3)42-31(40)34-19-20-10-12-22(13-11-20)29(38)36-17-16-24(21-8-6-5-7-9-21)27(36)28(37)35-23-14-15-25(26(33)18-23)30(39)41-4/h5-9,14-15,18,20,22,24,27H,10-13,16-17,19H2,1-4H3,(H,34,40)(H,35,37)/t20-,22-,24-,27-/m0/s1. The first-order valence-electron chi connectivity index (χ1n) is 14.5. The average molecular weight is 598 g/mol. The highest BCUT2D eigenvalue weighted by Gasteiger charge is 2.44. The molecule has 0 radical (unpaired) electrons. The van der Waals surface area contributed by atoms with E-state index in [1.165, 1.54) is 19.2 Å². The third-order valence-corrected chi connectivity index (χ3v) is 8.26. The zero-order chi connectivity index (χ0) is 30.4. The molecule has 42 heavy (non-hydrogen) atoms. The highest BCUT2D eigenvalue weighted by atomic mass is 35.5. The van der Waals surface area contributed by atoms with E-state index in [0.29, 0.717) is 38.0 Å². The number of esters is 1. The summed E-state index contributed by atoms with van der Waals surface area (Å²) < 4.78 is 10.1. The van der Waals surface area contributed by atoms with Crippen LogP contribution in [0, 0.1) is 11.8 Å². The highest BCUT2D eigenvalue weighted by molar-refractivity contribution is 6.34. The maximum absolute atomic E-state index is 13.9. The van der Waals surface area contributed by atoms with Crippen molar-refractivity contribution < 1.29 is 28.7 Å². The first kappa shape index (κ1) is 31.3. The van der Waals surface area contributed by atoms with Gasteiger partial charge in [0.1, 0.15) is 11.6 Å². The van der Waals surface area contributed by atoms with Crippen LogP contribution in [0.25, 0.3) is 0 Å². The van der Waals surface area contributed by atoms with Gasteiger partial charge in [0.15, 0.2) is 0 Å². The number of alkyl carbamates (subject to hydrolysis) is 1. The third kappa shape index (κ3) is 7.82. The lowest BCUT2D eigenvalue weighted by Gasteiger charge is -2.34. The molecule has 4 rings (SSSR count). The van der Waals surface area contributed by atoms with Gasteiger partial charge < -0.3 is 25.0 Å². The van der Waals surface area contributed by atoms with Gasteiger partial charge in [-0.05, 0) is 82.6 Å². The molecule has 2 fully saturated rings. The van der Waals surface area contributed by atoms with Crippen LogP contribution in [0.2, 0.25) is 5.02 Å². The lowest BCUT2D eigenvalue weighted by atomic mass is 9.81. The Labute approximate surface area is 252 Å². The molecule has 0 unspecified atom stereocenters. The van der Waals surface area contributed by atoms with Crippen molar-refractivity contribution in [1.82, 2.24) is 10.2 Å². The van der Waals surface area contributed by atoms with Gasteiger partial charge in [-0.2, -0.15) is 0 Å². The molecule has 1 aliphatic carbocycles. The molecule has 9 nitrogen and oxygen atoms in total. The van der Waals surface area contributed by atoms with Gasteiger partial charge in [-0.15, -0.1) is 0 Å². The van der Waals surface area contributed by atoms with E-state index in [1.54, 1.807) is 11.0 Å². The van der Waals surface area contributed by atoms with Crippen molar-refractivity contribution in [2.75, 3.05) is 25.5 Å². The van der Waals surface area contributed by atoms with Crippen molar-refractivity contribution in [3.05, 3.63) is 64.7 Å². The fraction of sp³-hybridized carbons (Fsp3) is 0.500. The number of amides is 3. The fourth-order valence-corrected chi connectivity index (χ4v) is 6.15. The summed E-state index contributed by atoms with van der Waals surface area (Å²) in [7, 11) is 1.27. The zero-order valence-electron chi connectivity index (χ0n) is 24.7. The second-order valence-electron chi connectivity index (χ2n) is 12.1. The van der Waals surface area contributed by atoms with Gasteiger partial charge in [-0.3, -0.25) is 9.59 Å². The molecule has 1 saturated heterocycles. The highest BCUT2D eigenvalue weighted by Crippen LogP contribution is 2.38. The largest absolute Gasteiger partial charge is 0.465 e. The van der Waals surface area contributed by atoms with Crippen LogP contribution in [0.1, 0.15) is 74.7 Å². The summed E-state index contributed by atoms with van der Waals surface area (Å²) in [6.45, 7) is 6.48. The summed E-state index contributed by atoms with van der Waals surface area (Å²) >= 11 is 6.28. The number of methoxy groups -OCH3 is 1. The van der Waals surface area contributed by atoms with Crippen molar-refractivity contribution in [1.29, 1.82) is 0 Å². The summed E-state index contributed by atoms with van der Waals surface area (Å²) in [5, 5.41) is 5.94. The van der Waals surface area contributed by atoms with Crippen LogP contribution in [-0.4, -0.2) is 60.6 Å². The quantitative estimate of drug-likeness (QED) is 0.391. The number of benzene rings is 2. The topological polar surface area (TPSA) is 114 Å². The normalized spacial score (nSPS) is 22.3. The van der Waals surface area contributed by atoms with Gasteiger partial charge in [0.25, 0.3) is 0 Å². The first-order valence-corrected chi connectivity index (χ1v) is 14.9. The molecule has 1 saturated carbocycles. The number of nitrogens with one attached hydrogen (secondary N) is 2. The van der Waals surface area contributed by atoms with E-state index in [0.717, 1.165) is 18.4 Å². The van der Waals surface area contributed by atoms with Crippen molar-refractivity contribution in [2.45, 2.75) is 70.4 Å². The molecule has 1 aliphatic heterocycles. The molecule has 2 aromatic carbocycles. The summed E-state index contributed by atoms with van der Waals surface area (Å²) in [6.07, 6.45) is 3.26. The van der Waals surface area contributed by atoms with Crippen molar-refractivity contribution in [3.8, 4) is 0 Å². The first-order chi connectivity index (χ1) is 20.0. The van der Waals surface area contributed by atoms with Gasteiger partial charge >= 0.3 is 12.1 Å². The SMILES string of the molecule is COC(=O)c1ccc(NC(=O)[C@@H]2[C@H](c3ccccc3)CCN2C(=O)[C@H]2CC[C@H](CNC(=O)OC(C)(C)C)CC2)cc1Cl.